The van der Waals surface area contributed by atoms with Crippen molar-refractivity contribution in [3.05, 3.63) is 65.5 Å². The zero-order chi connectivity index (χ0) is 21.4. The number of alkyl halides is 6. The molecule has 1 aliphatic heterocycles. The number of rotatable bonds is 4. The lowest BCUT2D eigenvalue weighted by Crippen LogP contribution is -2.28. The molecule has 29 heavy (non-hydrogen) atoms. The molecule has 0 aliphatic carbocycles. The van der Waals surface area contributed by atoms with E-state index in [9.17, 15) is 31.1 Å². The first-order valence-electron chi connectivity index (χ1n) is 8.08. The highest BCUT2D eigenvalue weighted by atomic mass is 19.4. The molecule has 1 fully saturated rings. The molecular weight excluding hydrogens is 404 g/mol. The van der Waals surface area contributed by atoms with Crippen molar-refractivity contribution >= 4 is 11.8 Å². The van der Waals surface area contributed by atoms with Crippen LogP contribution in [0, 0.1) is 0 Å². The smallest absolute Gasteiger partial charge is 0.416 e. The molecule has 1 aromatic heterocycles. The summed E-state index contributed by atoms with van der Waals surface area (Å²) in [5, 5.41) is 2.48. The molecule has 0 atom stereocenters. The summed E-state index contributed by atoms with van der Waals surface area (Å²) in [5.74, 6) is 0.164. The van der Waals surface area contributed by atoms with Crippen LogP contribution in [0.15, 0.2) is 48.8 Å². The van der Waals surface area contributed by atoms with Gasteiger partial charge in [0.2, 0.25) is 0 Å². The number of anilines is 1. The third-order valence-electron chi connectivity index (χ3n) is 4.05. The number of pyridine rings is 1. The second-order valence-corrected chi connectivity index (χ2v) is 6.09. The van der Waals surface area contributed by atoms with Crippen LogP contribution in [0.2, 0.25) is 0 Å². The Bertz CT molecular complexity index is 906. The van der Waals surface area contributed by atoms with Crippen molar-refractivity contribution < 1.29 is 35.9 Å². The highest BCUT2D eigenvalue weighted by molar-refractivity contribution is 5.95. The van der Waals surface area contributed by atoms with Crippen LogP contribution < -0.4 is 15.0 Å². The van der Waals surface area contributed by atoms with Crippen LogP contribution in [-0.2, 0) is 19.0 Å². The Kier molecular flexibility index (Phi) is 5.16. The zero-order valence-electron chi connectivity index (χ0n) is 14.6. The summed E-state index contributed by atoms with van der Waals surface area (Å²) in [6.07, 6.45) is -8.85. The molecule has 2 aromatic rings. The van der Waals surface area contributed by atoms with E-state index in [0.29, 0.717) is 23.9 Å². The van der Waals surface area contributed by atoms with E-state index in [1.54, 1.807) is 0 Å². The van der Waals surface area contributed by atoms with Gasteiger partial charge < -0.3 is 10.1 Å². The highest BCUT2D eigenvalue weighted by Crippen LogP contribution is 2.39. The lowest BCUT2D eigenvalue weighted by atomic mass is 10.0. The van der Waals surface area contributed by atoms with Crippen molar-refractivity contribution in [2.45, 2.75) is 19.0 Å². The maximum atomic E-state index is 13.2. The summed E-state index contributed by atoms with van der Waals surface area (Å²) < 4.78 is 84.0. The molecule has 0 spiro atoms. The largest absolute Gasteiger partial charge is 0.487 e. The van der Waals surface area contributed by atoms with Crippen molar-refractivity contribution in [3.8, 4) is 5.75 Å². The first kappa shape index (κ1) is 20.5. The number of ether oxygens (including phenoxy) is 1. The monoisotopic (exact) mass is 417 g/mol. The number of nitrogens with one attached hydrogen (secondary N) is 1. The molecule has 1 aliphatic rings. The molecule has 5 nitrogen and oxygen atoms in total. The van der Waals surface area contributed by atoms with Gasteiger partial charge in [0.1, 0.15) is 18.2 Å². The normalized spacial score (nSPS) is 14.9. The van der Waals surface area contributed by atoms with E-state index in [-0.39, 0.29) is 18.1 Å². The Morgan fingerprint density at radius 1 is 1.07 bits per heavy atom. The van der Waals surface area contributed by atoms with Crippen molar-refractivity contribution in [1.29, 1.82) is 0 Å². The van der Waals surface area contributed by atoms with Crippen LogP contribution in [0.3, 0.4) is 0 Å². The standard InChI is InChI=1S/C18H13F6N3O2/c1-10-8-27(16(28)26-10)15-6-5-11(7-25-15)29-9-12-13(17(19,20)21)3-2-4-14(12)18(22,23)24/h2-7H,1,8-9H2,(H,26,28). The van der Waals surface area contributed by atoms with Gasteiger partial charge in [-0.2, -0.15) is 26.3 Å². The molecule has 1 saturated heterocycles. The Labute approximate surface area is 160 Å². The third kappa shape index (κ3) is 4.44. The fraction of sp³-hybridized carbons (Fsp3) is 0.222. The van der Waals surface area contributed by atoms with Crippen LogP contribution in [-0.4, -0.2) is 17.6 Å². The molecule has 0 unspecified atom stereocenters. The lowest BCUT2D eigenvalue weighted by Gasteiger charge is -2.19. The number of carbonyl (C=O) groups excluding carboxylic acids is 1. The highest BCUT2D eigenvalue weighted by Gasteiger charge is 2.40. The van der Waals surface area contributed by atoms with E-state index in [1.807, 2.05) is 0 Å². The predicted octanol–water partition coefficient (Wildman–Crippen LogP) is 4.74. The molecular formula is C18H13F6N3O2. The maximum Gasteiger partial charge on any atom is 0.416 e. The van der Waals surface area contributed by atoms with Crippen LogP contribution >= 0.6 is 0 Å². The van der Waals surface area contributed by atoms with E-state index >= 15 is 0 Å². The van der Waals surface area contributed by atoms with Gasteiger partial charge in [-0.3, -0.25) is 4.90 Å². The van der Waals surface area contributed by atoms with Gasteiger partial charge in [-0.15, -0.1) is 0 Å². The van der Waals surface area contributed by atoms with Gasteiger partial charge in [-0.1, -0.05) is 12.6 Å². The molecule has 1 aromatic carbocycles. The molecule has 2 amide bonds. The van der Waals surface area contributed by atoms with E-state index in [0.717, 1.165) is 6.20 Å². The molecule has 2 heterocycles. The lowest BCUT2D eigenvalue weighted by molar-refractivity contribution is -0.145. The van der Waals surface area contributed by atoms with Crippen molar-refractivity contribution in [1.82, 2.24) is 10.3 Å². The number of halogens is 6. The van der Waals surface area contributed by atoms with Crippen molar-refractivity contribution in [2.24, 2.45) is 0 Å². The van der Waals surface area contributed by atoms with Gasteiger partial charge in [-0.25, -0.2) is 9.78 Å². The quantitative estimate of drug-likeness (QED) is 0.732. The number of nitrogens with zero attached hydrogens (tertiary/aromatic N) is 2. The number of carbonyl (C=O) groups is 1. The van der Waals surface area contributed by atoms with Gasteiger partial charge in [0.05, 0.1) is 23.9 Å². The molecule has 3 rings (SSSR count). The van der Waals surface area contributed by atoms with Gasteiger partial charge in [-0.05, 0) is 24.3 Å². The summed E-state index contributed by atoms with van der Waals surface area (Å²) in [6, 6.07) is 4.02. The summed E-state index contributed by atoms with van der Waals surface area (Å²) in [6.45, 7) is 2.82. The average molecular weight is 417 g/mol. The minimum Gasteiger partial charge on any atom is -0.487 e. The second-order valence-electron chi connectivity index (χ2n) is 6.09. The Balaban J connectivity index is 1.83. The van der Waals surface area contributed by atoms with Crippen LogP contribution in [0.1, 0.15) is 16.7 Å². The van der Waals surface area contributed by atoms with E-state index < -0.39 is 41.7 Å². The molecule has 1 N–H and O–H groups in total. The van der Waals surface area contributed by atoms with E-state index in [4.69, 9.17) is 4.74 Å². The fourth-order valence-corrected chi connectivity index (χ4v) is 2.75. The van der Waals surface area contributed by atoms with Gasteiger partial charge >= 0.3 is 18.4 Å². The van der Waals surface area contributed by atoms with E-state index in [2.05, 4.69) is 16.9 Å². The minimum atomic E-state index is -4.98. The molecule has 0 saturated carbocycles. The second kappa shape index (κ2) is 7.30. The van der Waals surface area contributed by atoms with Crippen LogP contribution in [0.4, 0.5) is 37.0 Å². The topological polar surface area (TPSA) is 54.5 Å². The fourth-order valence-electron chi connectivity index (χ4n) is 2.75. The summed E-state index contributed by atoms with van der Waals surface area (Å²) in [7, 11) is 0. The maximum absolute atomic E-state index is 13.2. The number of aromatic nitrogens is 1. The molecule has 154 valence electrons. The van der Waals surface area contributed by atoms with Crippen LogP contribution in [0.5, 0.6) is 5.75 Å². The van der Waals surface area contributed by atoms with Crippen molar-refractivity contribution in [2.75, 3.05) is 11.4 Å². The third-order valence-corrected chi connectivity index (χ3v) is 4.05. The number of amides is 2. The summed E-state index contributed by atoms with van der Waals surface area (Å²) in [4.78, 5) is 16.9. The number of hydrogen-bond donors (Lipinski definition) is 1. The zero-order valence-corrected chi connectivity index (χ0v) is 14.6. The number of benzene rings is 1. The van der Waals surface area contributed by atoms with Gasteiger partial charge in [0, 0.05) is 11.3 Å². The average Bonchev–Trinajstić information content (AvgIpc) is 2.96. The first-order chi connectivity index (χ1) is 13.5. The number of hydrogen-bond acceptors (Lipinski definition) is 3. The molecule has 0 radical (unpaired) electrons. The predicted molar refractivity (Wildman–Crippen MR) is 90.0 cm³/mol. The minimum absolute atomic E-state index is 0.0581. The Morgan fingerprint density at radius 2 is 1.69 bits per heavy atom. The van der Waals surface area contributed by atoms with Crippen LogP contribution in [0.25, 0.3) is 0 Å². The van der Waals surface area contributed by atoms with Gasteiger partial charge in [0.25, 0.3) is 0 Å². The summed E-state index contributed by atoms with van der Waals surface area (Å²) >= 11 is 0. The van der Waals surface area contributed by atoms with Gasteiger partial charge in [0.15, 0.2) is 0 Å². The molecule has 11 heteroatoms. The van der Waals surface area contributed by atoms with Crippen molar-refractivity contribution in [3.63, 3.8) is 0 Å². The SMILES string of the molecule is C=C1CN(c2ccc(OCc3c(C(F)(F)F)cccc3C(F)(F)F)cn2)C(=O)N1. The molecule has 0 bridgehead atoms. The Hall–Kier alpha value is -3.24. The first-order valence-corrected chi connectivity index (χ1v) is 8.08. The van der Waals surface area contributed by atoms with E-state index in [1.165, 1.54) is 17.0 Å². The summed E-state index contributed by atoms with van der Waals surface area (Å²) in [5.41, 5.74) is -3.42. The Morgan fingerprint density at radius 3 is 2.14 bits per heavy atom. The number of urea groups is 1.